The molecule has 10 heteroatoms. The lowest BCUT2D eigenvalue weighted by Gasteiger charge is -2.29. The Bertz CT molecular complexity index is 1360. The first-order valence-electron chi connectivity index (χ1n) is 11.5. The van der Waals surface area contributed by atoms with Crippen LogP contribution in [0.25, 0.3) is 0 Å². The molecular weight excluding hydrogens is 486 g/mol. The molecule has 2 N–H and O–H groups in total. The number of carbonyl (C=O) groups is 1. The lowest BCUT2D eigenvalue weighted by atomic mass is 9.97. The van der Waals surface area contributed by atoms with Gasteiger partial charge >= 0.3 is 11.9 Å². The van der Waals surface area contributed by atoms with Gasteiger partial charge in [0.05, 0.1) is 4.90 Å². The quantitative estimate of drug-likeness (QED) is 0.409. The van der Waals surface area contributed by atoms with Gasteiger partial charge in [-0.15, -0.1) is 4.72 Å². The summed E-state index contributed by atoms with van der Waals surface area (Å²) in [5, 5.41) is 9.98. The second-order valence-electron chi connectivity index (χ2n) is 8.59. The molecule has 0 saturated heterocycles. The third-order valence-corrected chi connectivity index (χ3v) is 7.77. The highest BCUT2D eigenvalue weighted by Crippen LogP contribution is 2.51. The molecule has 0 amide bonds. The number of fused-ring (bicyclic) bond motifs is 3. The number of hydrogen-bond acceptors (Lipinski definition) is 7. The largest absolute Gasteiger partial charge is 0.486 e. The molecular formula is C26H25NO8S. The predicted molar refractivity (Wildman–Crippen MR) is 129 cm³/mol. The van der Waals surface area contributed by atoms with Crippen LogP contribution in [0.3, 0.4) is 0 Å². The van der Waals surface area contributed by atoms with Gasteiger partial charge < -0.3 is 24.1 Å². The van der Waals surface area contributed by atoms with Crippen LogP contribution >= 0.6 is 0 Å². The number of aliphatic carboxylic acids is 1. The maximum Gasteiger partial charge on any atom is 0.396 e. The van der Waals surface area contributed by atoms with Crippen molar-refractivity contribution in [3.8, 4) is 23.0 Å². The molecule has 1 aliphatic carbocycles. The SMILES string of the molecule is COC(NS(=O)(=O)c1ccc(Oc2ccccc2)cc1)(Oc1cccc2c1OC1CCCC21)C(=O)O. The first-order valence-corrected chi connectivity index (χ1v) is 12.9. The fourth-order valence-corrected chi connectivity index (χ4v) is 5.76. The summed E-state index contributed by atoms with van der Waals surface area (Å²) in [5.74, 6) is -2.70. The number of nitrogens with one attached hydrogen (secondary N) is 1. The maximum absolute atomic E-state index is 13.2. The van der Waals surface area contributed by atoms with Crippen LogP contribution in [0.5, 0.6) is 23.0 Å². The van der Waals surface area contributed by atoms with Crippen LogP contribution in [0.1, 0.15) is 30.7 Å². The van der Waals surface area contributed by atoms with E-state index in [0.29, 0.717) is 17.2 Å². The van der Waals surface area contributed by atoms with Crippen molar-refractivity contribution in [3.05, 3.63) is 78.4 Å². The van der Waals surface area contributed by atoms with Crippen molar-refractivity contribution in [1.29, 1.82) is 0 Å². The van der Waals surface area contributed by atoms with Crippen LogP contribution in [-0.2, 0) is 19.6 Å². The minimum atomic E-state index is -4.39. The average Bonchev–Trinajstić information content (AvgIpc) is 3.47. The van der Waals surface area contributed by atoms with E-state index >= 15 is 0 Å². The van der Waals surface area contributed by atoms with Crippen molar-refractivity contribution >= 4 is 16.0 Å². The molecule has 9 nitrogen and oxygen atoms in total. The number of hydrogen-bond donors (Lipinski definition) is 2. The molecule has 5 rings (SSSR count). The summed E-state index contributed by atoms with van der Waals surface area (Å²) in [4.78, 5) is 12.1. The highest BCUT2D eigenvalue weighted by molar-refractivity contribution is 7.89. The van der Waals surface area contributed by atoms with Crippen LogP contribution in [0.2, 0.25) is 0 Å². The second kappa shape index (κ2) is 9.45. The molecule has 3 unspecified atom stereocenters. The zero-order valence-corrected chi connectivity index (χ0v) is 20.2. The van der Waals surface area contributed by atoms with E-state index in [1.165, 1.54) is 30.3 Å². The number of benzene rings is 3. The van der Waals surface area contributed by atoms with E-state index in [2.05, 4.69) is 4.72 Å². The summed E-state index contributed by atoms with van der Waals surface area (Å²) in [7, 11) is -3.34. The number of methoxy groups -OCH3 is 1. The molecule has 0 radical (unpaired) electrons. The molecule has 3 atom stereocenters. The number of ether oxygens (including phenoxy) is 4. The van der Waals surface area contributed by atoms with Gasteiger partial charge in [0.15, 0.2) is 11.5 Å². The van der Waals surface area contributed by atoms with Gasteiger partial charge in [-0.1, -0.05) is 30.3 Å². The molecule has 0 spiro atoms. The van der Waals surface area contributed by atoms with E-state index in [4.69, 9.17) is 18.9 Å². The number of rotatable bonds is 9. The Morgan fingerprint density at radius 2 is 1.72 bits per heavy atom. The van der Waals surface area contributed by atoms with E-state index in [-0.39, 0.29) is 22.7 Å². The van der Waals surface area contributed by atoms with Crippen molar-refractivity contribution in [1.82, 2.24) is 4.72 Å². The fourth-order valence-electron chi connectivity index (χ4n) is 4.59. The summed E-state index contributed by atoms with van der Waals surface area (Å²) in [6.07, 6.45) is 2.90. The zero-order valence-electron chi connectivity index (χ0n) is 19.4. The Kier molecular flexibility index (Phi) is 6.33. The lowest BCUT2D eigenvalue weighted by Crippen LogP contribution is -2.60. The van der Waals surface area contributed by atoms with Crippen LogP contribution in [0, 0.1) is 0 Å². The number of carboxylic acid groups (broad SMARTS) is 1. The molecule has 0 aromatic heterocycles. The number of sulfonamides is 1. The molecule has 36 heavy (non-hydrogen) atoms. The molecule has 3 aromatic rings. The summed E-state index contributed by atoms with van der Waals surface area (Å²) in [5.41, 5.74) is 0.919. The minimum Gasteiger partial charge on any atom is -0.486 e. The predicted octanol–water partition coefficient (Wildman–Crippen LogP) is 4.25. The van der Waals surface area contributed by atoms with Gasteiger partial charge in [-0.3, -0.25) is 0 Å². The molecule has 0 bridgehead atoms. The van der Waals surface area contributed by atoms with E-state index in [1.807, 2.05) is 24.3 Å². The molecule has 3 aromatic carbocycles. The van der Waals surface area contributed by atoms with E-state index < -0.39 is 21.9 Å². The number of carboxylic acids is 1. The summed E-state index contributed by atoms with van der Waals surface area (Å²) in [6, 6.07) is 19.7. The van der Waals surface area contributed by atoms with Crippen LogP contribution in [-0.4, -0.2) is 38.6 Å². The van der Waals surface area contributed by atoms with Gasteiger partial charge in [-0.2, -0.15) is 0 Å². The van der Waals surface area contributed by atoms with Gasteiger partial charge in [0, 0.05) is 18.6 Å². The van der Waals surface area contributed by atoms with Crippen LogP contribution in [0.15, 0.2) is 77.7 Å². The van der Waals surface area contributed by atoms with Crippen molar-refractivity contribution in [2.24, 2.45) is 0 Å². The monoisotopic (exact) mass is 511 g/mol. The van der Waals surface area contributed by atoms with Gasteiger partial charge in [0.2, 0.25) is 10.0 Å². The lowest BCUT2D eigenvalue weighted by molar-refractivity contribution is -0.207. The van der Waals surface area contributed by atoms with Gasteiger partial charge in [-0.25, -0.2) is 13.2 Å². The highest BCUT2D eigenvalue weighted by atomic mass is 32.2. The van der Waals surface area contributed by atoms with Crippen molar-refractivity contribution < 1.29 is 37.3 Å². The third-order valence-electron chi connectivity index (χ3n) is 6.33. The van der Waals surface area contributed by atoms with E-state index in [1.54, 1.807) is 18.2 Å². The fraction of sp³-hybridized carbons (Fsp3) is 0.269. The van der Waals surface area contributed by atoms with Gasteiger partial charge in [-0.05, 0) is 61.7 Å². The Labute approximate surface area is 208 Å². The zero-order chi connectivity index (χ0) is 25.3. The topological polar surface area (TPSA) is 120 Å². The Morgan fingerprint density at radius 3 is 2.42 bits per heavy atom. The van der Waals surface area contributed by atoms with E-state index in [0.717, 1.165) is 31.9 Å². The first-order chi connectivity index (χ1) is 17.3. The third kappa shape index (κ3) is 4.50. The summed E-state index contributed by atoms with van der Waals surface area (Å²) >= 11 is 0. The van der Waals surface area contributed by atoms with Gasteiger partial charge in [0.25, 0.3) is 0 Å². The van der Waals surface area contributed by atoms with Crippen molar-refractivity contribution in [2.75, 3.05) is 7.11 Å². The maximum atomic E-state index is 13.2. The van der Waals surface area contributed by atoms with Crippen molar-refractivity contribution in [3.63, 3.8) is 0 Å². The average molecular weight is 512 g/mol. The summed E-state index contributed by atoms with van der Waals surface area (Å²) in [6.45, 7) is 0. The summed E-state index contributed by atoms with van der Waals surface area (Å²) < 4.78 is 51.0. The molecule has 1 saturated carbocycles. The second-order valence-corrected chi connectivity index (χ2v) is 10.3. The normalized spacial score (nSPS) is 20.0. The molecule has 2 aliphatic rings. The Hall–Kier alpha value is -3.60. The highest BCUT2D eigenvalue weighted by Gasteiger charge is 2.48. The van der Waals surface area contributed by atoms with E-state index in [9.17, 15) is 18.3 Å². The van der Waals surface area contributed by atoms with Crippen molar-refractivity contribution in [2.45, 2.75) is 42.1 Å². The minimum absolute atomic E-state index is 0.000153. The molecule has 1 aliphatic heterocycles. The van der Waals surface area contributed by atoms with Crippen LogP contribution in [0.4, 0.5) is 0 Å². The van der Waals surface area contributed by atoms with Gasteiger partial charge in [0.1, 0.15) is 17.6 Å². The Balaban J connectivity index is 1.39. The first kappa shape index (κ1) is 24.1. The number of para-hydroxylation sites is 2. The molecule has 1 heterocycles. The molecule has 188 valence electrons. The standard InChI is InChI=1S/C26H25NO8S/c1-32-26(25(28)29,35-23-12-6-10-21-20-9-5-11-22(20)34-24(21)23)27-36(30,31)19-15-13-18(14-16-19)33-17-7-3-2-4-8-17/h2-4,6-8,10,12-16,20,22,27H,5,9,11H2,1H3,(H,28,29). The smallest absolute Gasteiger partial charge is 0.396 e. The molecule has 1 fully saturated rings. The van der Waals surface area contributed by atoms with Crippen LogP contribution < -0.4 is 18.9 Å². The Morgan fingerprint density at radius 1 is 1.00 bits per heavy atom.